The first-order valence-electron chi connectivity index (χ1n) is 8.17. The fourth-order valence-electron chi connectivity index (χ4n) is 2.68. The summed E-state index contributed by atoms with van der Waals surface area (Å²) in [5.74, 6) is -0.327. The molecule has 2 heterocycles. The lowest BCUT2D eigenvalue weighted by Gasteiger charge is -2.21. The van der Waals surface area contributed by atoms with E-state index < -0.39 is 17.0 Å². The van der Waals surface area contributed by atoms with Crippen LogP contribution in [0.1, 0.15) is 41.1 Å². The van der Waals surface area contributed by atoms with Gasteiger partial charge in [0, 0.05) is 12.1 Å². The number of halogens is 1. The number of carbonyl (C=O) groups excluding carboxylic acids is 2. The average molecular weight is 362 g/mol. The number of hydrogen-bond acceptors (Lipinski definition) is 5. The van der Waals surface area contributed by atoms with Crippen LogP contribution in [0.4, 0.5) is 4.39 Å². The van der Waals surface area contributed by atoms with E-state index in [0.717, 1.165) is 24.3 Å². The van der Waals surface area contributed by atoms with Crippen LogP contribution in [0.5, 0.6) is 0 Å². The molecule has 1 aromatic heterocycles. The van der Waals surface area contributed by atoms with Crippen molar-refractivity contribution in [1.29, 1.82) is 0 Å². The molecule has 1 aliphatic rings. The van der Waals surface area contributed by atoms with Crippen molar-refractivity contribution in [2.75, 3.05) is 6.54 Å². The van der Waals surface area contributed by atoms with Crippen molar-refractivity contribution < 1.29 is 18.4 Å². The van der Waals surface area contributed by atoms with Crippen LogP contribution < -0.4 is 0 Å². The average Bonchev–Trinajstić information content (AvgIpc) is 2.79. The van der Waals surface area contributed by atoms with Gasteiger partial charge in [-0.15, -0.1) is 0 Å². The van der Waals surface area contributed by atoms with Gasteiger partial charge in [0.2, 0.25) is 5.91 Å². The molecule has 0 saturated carbocycles. The van der Waals surface area contributed by atoms with Gasteiger partial charge in [0.1, 0.15) is 11.6 Å². The van der Waals surface area contributed by atoms with E-state index in [-0.39, 0.29) is 5.91 Å². The number of amides is 2. The zero-order chi connectivity index (χ0) is 18.0. The van der Waals surface area contributed by atoms with E-state index in [1.165, 1.54) is 40.9 Å². The summed E-state index contributed by atoms with van der Waals surface area (Å²) in [5, 5.41) is 0.0359. The quantitative estimate of drug-likeness (QED) is 0.778. The Hall–Kier alpha value is -2.15. The molecule has 2 aromatic rings. The maximum Gasteiger partial charge on any atom is 0.260 e. The van der Waals surface area contributed by atoms with Crippen molar-refractivity contribution in [3.8, 4) is 0 Å². The second-order valence-corrected chi connectivity index (χ2v) is 7.18. The molecular formula is C18H19FN2O3S. The van der Waals surface area contributed by atoms with Crippen molar-refractivity contribution >= 4 is 23.6 Å². The van der Waals surface area contributed by atoms with E-state index in [0.29, 0.717) is 23.8 Å². The molecule has 0 radical (unpaired) electrons. The lowest BCUT2D eigenvalue weighted by molar-refractivity contribution is -0.127. The van der Waals surface area contributed by atoms with Crippen LogP contribution in [-0.2, 0) is 4.79 Å². The monoisotopic (exact) mass is 362 g/mol. The molecule has 1 saturated heterocycles. The van der Waals surface area contributed by atoms with Crippen LogP contribution in [0.3, 0.4) is 0 Å². The van der Waals surface area contributed by atoms with Crippen LogP contribution in [0.15, 0.2) is 33.9 Å². The second kappa shape index (κ2) is 7.39. The minimum atomic E-state index is -0.415. The molecule has 1 aromatic carbocycles. The second-order valence-electron chi connectivity index (χ2n) is 6.03. The standard InChI is InChI=1S/C18H19FN2O3S/c1-11-12(2)24-18(20-11)25-15-5-3-4-10-21(17(15)23)16(22)13-6-8-14(19)9-7-13/h6-9,15H,3-5,10H2,1-2H3/t15-/m1/s1. The van der Waals surface area contributed by atoms with Gasteiger partial charge in [0.25, 0.3) is 11.1 Å². The van der Waals surface area contributed by atoms with Crippen LogP contribution in [0.2, 0.25) is 0 Å². The number of aromatic nitrogens is 1. The molecule has 7 heteroatoms. The number of carbonyl (C=O) groups is 2. The molecule has 0 unspecified atom stereocenters. The highest BCUT2D eigenvalue weighted by molar-refractivity contribution is 8.00. The highest BCUT2D eigenvalue weighted by Gasteiger charge is 2.33. The summed E-state index contributed by atoms with van der Waals surface area (Å²) in [6.07, 6.45) is 2.26. The van der Waals surface area contributed by atoms with Crippen molar-refractivity contribution in [2.24, 2.45) is 0 Å². The van der Waals surface area contributed by atoms with Gasteiger partial charge >= 0.3 is 0 Å². The number of thioether (sulfide) groups is 1. The maximum absolute atomic E-state index is 13.1. The number of benzene rings is 1. The first-order valence-corrected chi connectivity index (χ1v) is 9.05. The van der Waals surface area contributed by atoms with Crippen molar-refractivity contribution in [3.05, 3.63) is 47.1 Å². The van der Waals surface area contributed by atoms with Crippen LogP contribution in [-0.4, -0.2) is 33.5 Å². The van der Waals surface area contributed by atoms with Gasteiger partial charge in [-0.25, -0.2) is 9.37 Å². The summed E-state index contributed by atoms with van der Waals surface area (Å²) in [6.45, 7) is 4.05. The summed E-state index contributed by atoms with van der Waals surface area (Å²) in [5.41, 5.74) is 1.10. The van der Waals surface area contributed by atoms with E-state index >= 15 is 0 Å². The number of likely N-dealkylation sites (tertiary alicyclic amines) is 1. The topological polar surface area (TPSA) is 63.4 Å². The third kappa shape index (κ3) is 3.92. The summed E-state index contributed by atoms with van der Waals surface area (Å²) in [4.78, 5) is 31.1. The first kappa shape index (κ1) is 17.7. The molecule has 0 N–H and O–H groups in total. The minimum absolute atomic E-state index is 0.245. The Morgan fingerprint density at radius 1 is 1.28 bits per heavy atom. The fourth-order valence-corrected chi connectivity index (χ4v) is 3.80. The summed E-state index contributed by atoms with van der Waals surface area (Å²) in [7, 11) is 0. The third-order valence-electron chi connectivity index (χ3n) is 4.23. The van der Waals surface area contributed by atoms with Gasteiger partial charge < -0.3 is 4.42 Å². The molecule has 5 nitrogen and oxygen atoms in total. The molecule has 1 atom stereocenters. The Kier molecular flexibility index (Phi) is 5.22. The molecule has 132 valence electrons. The van der Waals surface area contributed by atoms with Gasteiger partial charge in [0.05, 0.1) is 10.9 Å². The molecule has 2 amide bonds. The van der Waals surface area contributed by atoms with E-state index in [1.807, 2.05) is 13.8 Å². The maximum atomic E-state index is 13.1. The van der Waals surface area contributed by atoms with Crippen molar-refractivity contribution in [1.82, 2.24) is 9.88 Å². The Morgan fingerprint density at radius 3 is 2.64 bits per heavy atom. The Labute approximate surface area is 149 Å². The predicted molar refractivity (Wildman–Crippen MR) is 91.9 cm³/mol. The largest absolute Gasteiger partial charge is 0.437 e. The molecule has 1 fully saturated rings. The normalized spacial score (nSPS) is 18.3. The van der Waals surface area contributed by atoms with Gasteiger partial charge in [0.15, 0.2) is 0 Å². The minimum Gasteiger partial charge on any atom is -0.437 e. The lowest BCUT2D eigenvalue weighted by Crippen LogP contribution is -2.41. The van der Waals surface area contributed by atoms with Gasteiger partial charge in [-0.3, -0.25) is 14.5 Å². The van der Waals surface area contributed by atoms with E-state index in [2.05, 4.69) is 4.98 Å². The number of rotatable bonds is 3. The molecule has 0 aliphatic carbocycles. The number of imide groups is 1. The molecule has 3 rings (SSSR count). The third-order valence-corrected chi connectivity index (χ3v) is 5.33. The molecule has 1 aliphatic heterocycles. The summed E-state index contributed by atoms with van der Waals surface area (Å²) >= 11 is 1.26. The Morgan fingerprint density at radius 2 is 2.00 bits per heavy atom. The van der Waals surface area contributed by atoms with Crippen LogP contribution >= 0.6 is 11.8 Å². The van der Waals surface area contributed by atoms with Gasteiger partial charge in [-0.05, 0) is 51.0 Å². The zero-order valence-corrected chi connectivity index (χ0v) is 14.9. The molecular weight excluding hydrogens is 343 g/mol. The summed E-state index contributed by atoms with van der Waals surface area (Å²) < 4.78 is 18.6. The number of hydrogen-bond donors (Lipinski definition) is 0. The molecule has 25 heavy (non-hydrogen) atoms. The van der Waals surface area contributed by atoms with Crippen LogP contribution in [0, 0.1) is 19.7 Å². The molecule has 0 spiro atoms. The van der Waals surface area contributed by atoms with Crippen molar-refractivity contribution in [3.63, 3.8) is 0 Å². The molecule has 0 bridgehead atoms. The van der Waals surface area contributed by atoms with Crippen molar-refractivity contribution in [2.45, 2.75) is 43.6 Å². The summed E-state index contributed by atoms with van der Waals surface area (Å²) in [6, 6.07) is 5.25. The van der Waals surface area contributed by atoms with E-state index in [4.69, 9.17) is 4.42 Å². The Balaban J connectivity index is 1.78. The zero-order valence-electron chi connectivity index (χ0n) is 14.1. The number of aryl methyl sites for hydroxylation is 2. The SMILES string of the molecule is Cc1nc(S[C@@H]2CCCCN(C(=O)c3ccc(F)cc3)C2=O)oc1C. The number of oxazole rings is 1. The fraction of sp³-hybridized carbons (Fsp3) is 0.389. The first-order chi connectivity index (χ1) is 12.0. The van der Waals surface area contributed by atoms with E-state index in [1.54, 1.807) is 0 Å². The lowest BCUT2D eigenvalue weighted by atomic mass is 10.2. The highest BCUT2D eigenvalue weighted by atomic mass is 32.2. The van der Waals surface area contributed by atoms with E-state index in [9.17, 15) is 14.0 Å². The number of nitrogens with zero attached hydrogens (tertiary/aromatic N) is 2. The highest BCUT2D eigenvalue weighted by Crippen LogP contribution is 2.31. The van der Waals surface area contributed by atoms with Gasteiger partial charge in [-0.2, -0.15) is 0 Å². The smallest absolute Gasteiger partial charge is 0.260 e. The van der Waals surface area contributed by atoms with Gasteiger partial charge in [-0.1, -0.05) is 18.2 Å². The van der Waals surface area contributed by atoms with Crippen LogP contribution in [0.25, 0.3) is 0 Å². The Bertz CT molecular complexity index is 769. The predicted octanol–water partition coefficient (Wildman–Crippen LogP) is 3.74.